The Morgan fingerprint density at radius 1 is 1.35 bits per heavy atom. The van der Waals surface area contributed by atoms with Crippen LogP contribution in [0.3, 0.4) is 0 Å². The Bertz CT molecular complexity index is 452. The average Bonchev–Trinajstić information content (AvgIpc) is 2.29. The molecule has 1 fully saturated rings. The highest BCUT2D eigenvalue weighted by Crippen LogP contribution is 2.36. The van der Waals surface area contributed by atoms with Crippen LogP contribution in [0.4, 0.5) is 0 Å². The van der Waals surface area contributed by atoms with E-state index in [4.69, 9.17) is 0 Å². The van der Waals surface area contributed by atoms with Gasteiger partial charge in [0.1, 0.15) is 0 Å². The molecule has 0 heterocycles. The van der Waals surface area contributed by atoms with Crippen LogP contribution in [-0.2, 0) is 14.8 Å². The van der Waals surface area contributed by atoms with Gasteiger partial charge in [-0.25, -0.2) is 13.1 Å². The molecule has 6 heteroatoms. The number of rotatable bonds is 5. The first-order valence-corrected chi connectivity index (χ1v) is 8.85. The SMILES string of the molecule is CC(C)(C)CCS(=O)(=O)NC1CCCCC1(C)C(=O)O. The average molecular weight is 305 g/mol. The molecule has 1 rings (SSSR count). The molecule has 1 aliphatic rings. The van der Waals surface area contributed by atoms with Gasteiger partial charge in [0.25, 0.3) is 0 Å². The Morgan fingerprint density at radius 3 is 2.45 bits per heavy atom. The quantitative estimate of drug-likeness (QED) is 0.817. The lowest BCUT2D eigenvalue weighted by Gasteiger charge is -2.38. The highest BCUT2D eigenvalue weighted by atomic mass is 32.2. The molecule has 2 atom stereocenters. The van der Waals surface area contributed by atoms with Crippen molar-refractivity contribution in [3.05, 3.63) is 0 Å². The summed E-state index contributed by atoms with van der Waals surface area (Å²) >= 11 is 0. The minimum atomic E-state index is -3.43. The minimum absolute atomic E-state index is 0.0443. The predicted molar refractivity (Wildman–Crippen MR) is 79.0 cm³/mol. The first-order chi connectivity index (χ1) is 8.96. The molecule has 0 saturated heterocycles. The summed E-state index contributed by atoms with van der Waals surface area (Å²) in [6, 6.07) is -0.501. The second-order valence-electron chi connectivity index (χ2n) is 7.27. The Morgan fingerprint density at radius 2 is 1.95 bits per heavy atom. The summed E-state index contributed by atoms with van der Waals surface area (Å²) in [5, 5.41) is 9.39. The summed E-state index contributed by atoms with van der Waals surface area (Å²) in [4.78, 5) is 11.5. The van der Waals surface area contributed by atoms with Gasteiger partial charge in [-0.2, -0.15) is 0 Å². The summed E-state index contributed by atoms with van der Waals surface area (Å²) in [6.07, 6.45) is 3.38. The van der Waals surface area contributed by atoms with E-state index in [9.17, 15) is 18.3 Å². The lowest BCUT2D eigenvalue weighted by Crippen LogP contribution is -2.52. The van der Waals surface area contributed by atoms with Crippen LogP contribution in [0.15, 0.2) is 0 Å². The Kier molecular flexibility index (Phi) is 5.24. The van der Waals surface area contributed by atoms with Crippen molar-refractivity contribution in [2.75, 3.05) is 5.75 Å². The Hall–Kier alpha value is -0.620. The third-order valence-corrected chi connectivity index (χ3v) is 5.52. The lowest BCUT2D eigenvalue weighted by molar-refractivity contribution is -0.151. The van der Waals surface area contributed by atoms with Crippen LogP contribution in [0, 0.1) is 10.8 Å². The van der Waals surface area contributed by atoms with Crippen LogP contribution >= 0.6 is 0 Å². The maximum Gasteiger partial charge on any atom is 0.310 e. The van der Waals surface area contributed by atoms with E-state index >= 15 is 0 Å². The zero-order valence-corrected chi connectivity index (χ0v) is 13.7. The fourth-order valence-electron chi connectivity index (χ4n) is 2.49. The zero-order chi connectivity index (χ0) is 15.6. The van der Waals surface area contributed by atoms with Crippen LogP contribution < -0.4 is 4.72 Å². The highest BCUT2D eigenvalue weighted by Gasteiger charge is 2.44. The molecule has 0 bridgehead atoms. The van der Waals surface area contributed by atoms with E-state index in [2.05, 4.69) is 4.72 Å². The molecule has 0 radical (unpaired) electrons. The van der Waals surface area contributed by atoms with Gasteiger partial charge in [0, 0.05) is 6.04 Å². The van der Waals surface area contributed by atoms with E-state index in [1.165, 1.54) is 0 Å². The van der Waals surface area contributed by atoms with Gasteiger partial charge in [0.15, 0.2) is 0 Å². The highest BCUT2D eigenvalue weighted by molar-refractivity contribution is 7.89. The predicted octanol–water partition coefficient (Wildman–Crippen LogP) is 2.38. The van der Waals surface area contributed by atoms with Gasteiger partial charge < -0.3 is 5.11 Å². The lowest BCUT2D eigenvalue weighted by atomic mass is 9.72. The topological polar surface area (TPSA) is 83.5 Å². The summed E-state index contributed by atoms with van der Waals surface area (Å²) in [7, 11) is -3.43. The molecule has 1 saturated carbocycles. The number of hydrogen-bond donors (Lipinski definition) is 2. The van der Waals surface area contributed by atoms with Gasteiger partial charge >= 0.3 is 5.97 Å². The van der Waals surface area contributed by atoms with E-state index in [1.54, 1.807) is 6.92 Å². The first kappa shape index (κ1) is 17.4. The van der Waals surface area contributed by atoms with Gasteiger partial charge in [-0.3, -0.25) is 4.79 Å². The number of carbonyl (C=O) groups is 1. The fourth-order valence-corrected chi connectivity index (χ4v) is 4.31. The smallest absolute Gasteiger partial charge is 0.310 e. The van der Waals surface area contributed by atoms with Crippen molar-refractivity contribution in [3.8, 4) is 0 Å². The van der Waals surface area contributed by atoms with E-state index in [0.29, 0.717) is 19.3 Å². The molecule has 118 valence electrons. The number of carboxylic acid groups (broad SMARTS) is 1. The minimum Gasteiger partial charge on any atom is -0.481 e. The summed E-state index contributed by atoms with van der Waals surface area (Å²) in [6.45, 7) is 7.62. The van der Waals surface area contributed by atoms with Crippen molar-refractivity contribution >= 4 is 16.0 Å². The van der Waals surface area contributed by atoms with Gasteiger partial charge in [0.2, 0.25) is 10.0 Å². The van der Waals surface area contributed by atoms with Crippen molar-refractivity contribution in [3.63, 3.8) is 0 Å². The Labute approximate surface area is 122 Å². The number of nitrogens with one attached hydrogen (secondary N) is 1. The fraction of sp³-hybridized carbons (Fsp3) is 0.929. The van der Waals surface area contributed by atoms with E-state index in [0.717, 1.165) is 12.8 Å². The number of sulfonamides is 1. The van der Waals surface area contributed by atoms with Gasteiger partial charge in [-0.15, -0.1) is 0 Å². The van der Waals surface area contributed by atoms with Gasteiger partial charge in [0.05, 0.1) is 11.2 Å². The zero-order valence-electron chi connectivity index (χ0n) is 12.9. The second kappa shape index (κ2) is 6.02. The summed E-state index contributed by atoms with van der Waals surface area (Å²) < 4.78 is 26.9. The maximum absolute atomic E-state index is 12.2. The number of hydrogen-bond acceptors (Lipinski definition) is 3. The molecular weight excluding hydrogens is 278 g/mol. The van der Waals surface area contributed by atoms with Crippen molar-refractivity contribution in [2.24, 2.45) is 10.8 Å². The largest absolute Gasteiger partial charge is 0.481 e. The summed E-state index contributed by atoms with van der Waals surface area (Å²) in [5.41, 5.74) is -1.05. The van der Waals surface area contributed by atoms with Crippen LogP contribution in [0.25, 0.3) is 0 Å². The van der Waals surface area contributed by atoms with E-state index in [1.807, 2.05) is 20.8 Å². The number of aliphatic carboxylic acids is 1. The molecule has 0 aromatic carbocycles. The van der Waals surface area contributed by atoms with Crippen molar-refractivity contribution < 1.29 is 18.3 Å². The molecule has 20 heavy (non-hydrogen) atoms. The monoisotopic (exact) mass is 305 g/mol. The number of carboxylic acids is 1. The van der Waals surface area contributed by atoms with Crippen LogP contribution in [0.1, 0.15) is 59.8 Å². The van der Waals surface area contributed by atoms with Crippen LogP contribution in [-0.4, -0.2) is 31.3 Å². The molecule has 2 unspecified atom stereocenters. The normalized spacial score (nSPS) is 28.3. The summed E-state index contributed by atoms with van der Waals surface area (Å²) in [5.74, 6) is -0.872. The molecule has 2 N–H and O–H groups in total. The molecule has 0 aromatic heterocycles. The Balaban J connectivity index is 2.76. The third-order valence-electron chi connectivity index (χ3n) is 4.14. The molecule has 0 spiro atoms. The van der Waals surface area contributed by atoms with Crippen molar-refractivity contribution in [1.82, 2.24) is 4.72 Å². The van der Waals surface area contributed by atoms with Gasteiger partial charge in [-0.05, 0) is 31.6 Å². The van der Waals surface area contributed by atoms with Crippen molar-refractivity contribution in [2.45, 2.75) is 65.8 Å². The third kappa shape index (κ3) is 4.74. The maximum atomic E-state index is 12.2. The van der Waals surface area contributed by atoms with E-state index < -0.39 is 27.4 Å². The molecule has 0 aromatic rings. The molecule has 1 aliphatic carbocycles. The van der Waals surface area contributed by atoms with Crippen LogP contribution in [0.5, 0.6) is 0 Å². The molecule has 5 nitrogen and oxygen atoms in total. The van der Waals surface area contributed by atoms with Crippen LogP contribution in [0.2, 0.25) is 0 Å². The standard InChI is InChI=1S/C14H27NO4S/c1-13(2,3)9-10-20(18,19)15-11-7-5-6-8-14(11,4)12(16)17/h11,15H,5-10H2,1-4H3,(H,16,17). The first-order valence-electron chi connectivity index (χ1n) is 7.20. The van der Waals surface area contributed by atoms with Crippen molar-refractivity contribution in [1.29, 1.82) is 0 Å². The molecular formula is C14H27NO4S. The molecule has 0 amide bonds. The molecule has 0 aliphatic heterocycles. The second-order valence-corrected chi connectivity index (χ2v) is 9.14. The van der Waals surface area contributed by atoms with Gasteiger partial charge in [-0.1, -0.05) is 33.6 Å². The van der Waals surface area contributed by atoms with E-state index in [-0.39, 0.29) is 11.2 Å².